The molecular formula is C18H29NO. The average Bonchev–Trinajstić information content (AvgIpc) is 2.46. The summed E-state index contributed by atoms with van der Waals surface area (Å²) in [5.74, 6) is 1.91. The Morgan fingerprint density at radius 2 is 2.00 bits per heavy atom. The zero-order valence-corrected chi connectivity index (χ0v) is 13.2. The molecule has 1 N–H and O–H groups in total. The van der Waals surface area contributed by atoms with Gasteiger partial charge in [-0.3, -0.25) is 0 Å². The highest BCUT2D eigenvalue weighted by Gasteiger charge is 2.19. The van der Waals surface area contributed by atoms with E-state index in [1.54, 1.807) is 0 Å². The van der Waals surface area contributed by atoms with Gasteiger partial charge in [0.05, 0.1) is 6.10 Å². The van der Waals surface area contributed by atoms with E-state index < -0.39 is 0 Å². The minimum atomic E-state index is 0.248. The Labute approximate surface area is 123 Å². The predicted octanol–water partition coefficient (Wildman–Crippen LogP) is 4.18. The van der Waals surface area contributed by atoms with Crippen LogP contribution in [0, 0.1) is 5.92 Å². The van der Waals surface area contributed by atoms with Gasteiger partial charge >= 0.3 is 0 Å². The van der Waals surface area contributed by atoms with E-state index in [9.17, 15) is 0 Å². The first-order valence-electron chi connectivity index (χ1n) is 8.16. The monoisotopic (exact) mass is 275 g/mol. The third kappa shape index (κ3) is 4.82. The third-order valence-corrected chi connectivity index (χ3v) is 4.26. The normalized spacial score (nSPS) is 23.0. The molecule has 0 bridgehead atoms. The fourth-order valence-electron chi connectivity index (χ4n) is 3.03. The van der Waals surface area contributed by atoms with Crippen molar-refractivity contribution in [2.24, 2.45) is 5.92 Å². The summed E-state index contributed by atoms with van der Waals surface area (Å²) in [6, 6.07) is 9.31. The van der Waals surface area contributed by atoms with Crippen molar-refractivity contribution in [2.45, 2.75) is 65.0 Å². The molecule has 0 aromatic heterocycles. The van der Waals surface area contributed by atoms with Gasteiger partial charge in [-0.25, -0.2) is 0 Å². The van der Waals surface area contributed by atoms with Gasteiger partial charge in [0, 0.05) is 6.04 Å². The molecule has 0 saturated carbocycles. The molecule has 1 aliphatic heterocycles. The Balaban J connectivity index is 1.78. The molecule has 2 rings (SSSR count). The second-order valence-corrected chi connectivity index (χ2v) is 6.30. The number of hydrogen-bond donors (Lipinski definition) is 1. The largest absolute Gasteiger partial charge is 0.491 e. The van der Waals surface area contributed by atoms with E-state index in [1.165, 1.54) is 37.8 Å². The van der Waals surface area contributed by atoms with E-state index in [2.05, 4.69) is 50.4 Å². The molecule has 0 radical (unpaired) electrons. The topological polar surface area (TPSA) is 21.3 Å². The Morgan fingerprint density at radius 3 is 2.65 bits per heavy atom. The molecule has 0 spiro atoms. The molecule has 1 saturated heterocycles. The van der Waals surface area contributed by atoms with Crippen molar-refractivity contribution in [3.8, 4) is 5.75 Å². The van der Waals surface area contributed by atoms with Gasteiger partial charge in [-0.05, 0) is 69.7 Å². The molecule has 112 valence electrons. The van der Waals surface area contributed by atoms with Crippen molar-refractivity contribution in [1.29, 1.82) is 0 Å². The standard InChI is InChI=1S/C18H29NO/c1-4-15-11-12-19-17(13-15)8-5-16-6-9-18(10-7-16)20-14(2)3/h6-7,9-10,14-15,17,19H,4-5,8,11-13H2,1-3H3. The summed E-state index contributed by atoms with van der Waals surface area (Å²) in [4.78, 5) is 0. The molecule has 20 heavy (non-hydrogen) atoms. The first kappa shape index (κ1) is 15.4. The van der Waals surface area contributed by atoms with Crippen molar-refractivity contribution >= 4 is 0 Å². The number of nitrogens with one attached hydrogen (secondary N) is 1. The van der Waals surface area contributed by atoms with Gasteiger partial charge in [0.1, 0.15) is 5.75 Å². The van der Waals surface area contributed by atoms with Gasteiger partial charge in [-0.15, -0.1) is 0 Å². The number of hydrogen-bond acceptors (Lipinski definition) is 2. The van der Waals surface area contributed by atoms with Gasteiger partial charge in [-0.1, -0.05) is 25.5 Å². The van der Waals surface area contributed by atoms with Crippen molar-refractivity contribution < 1.29 is 4.74 Å². The second kappa shape index (κ2) is 7.68. The van der Waals surface area contributed by atoms with Crippen LogP contribution in [0.15, 0.2) is 24.3 Å². The van der Waals surface area contributed by atoms with Crippen molar-refractivity contribution in [1.82, 2.24) is 5.32 Å². The van der Waals surface area contributed by atoms with Crippen LogP contribution in [0.2, 0.25) is 0 Å². The van der Waals surface area contributed by atoms with E-state index >= 15 is 0 Å². The molecule has 1 heterocycles. The van der Waals surface area contributed by atoms with Crippen LogP contribution in [0.3, 0.4) is 0 Å². The SMILES string of the molecule is CCC1CCNC(CCc2ccc(OC(C)C)cc2)C1. The summed E-state index contributed by atoms with van der Waals surface area (Å²) in [6.07, 6.45) is 6.70. The van der Waals surface area contributed by atoms with Crippen LogP contribution < -0.4 is 10.1 Å². The van der Waals surface area contributed by atoms with Crippen LogP contribution in [0.1, 0.15) is 52.0 Å². The highest BCUT2D eigenvalue weighted by molar-refractivity contribution is 5.27. The summed E-state index contributed by atoms with van der Waals surface area (Å²) < 4.78 is 5.68. The minimum absolute atomic E-state index is 0.248. The van der Waals surface area contributed by atoms with Gasteiger partial charge in [0.25, 0.3) is 0 Å². The van der Waals surface area contributed by atoms with Gasteiger partial charge < -0.3 is 10.1 Å². The lowest BCUT2D eigenvalue weighted by atomic mass is 9.88. The molecular weight excluding hydrogens is 246 g/mol. The molecule has 0 amide bonds. The number of aryl methyl sites for hydroxylation is 1. The molecule has 1 aromatic rings. The Morgan fingerprint density at radius 1 is 1.25 bits per heavy atom. The van der Waals surface area contributed by atoms with E-state index in [4.69, 9.17) is 4.74 Å². The Kier molecular flexibility index (Phi) is 5.90. The van der Waals surface area contributed by atoms with Crippen molar-refractivity contribution in [2.75, 3.05) is 6.54 Å². The molecule has 2 unspecified atom stereocenters. The first-order valence-corrected chi connectivity index (χ1v) is 8.16. The van der Waals surface area contributed by atoms with Crippen LogP contribution in [0.25, 0.3) is 0 Å². The third-order valence-electron chi connectivity index (χ3n) is 4.26. The molecule has 1 aliphatic rings. The van der Waals surface area contributed by atoms with E-state index in [0.717, 1.165) is 18.1 Å². The number of piperidine rings is 1. The van der Waals surface area contributed by atoms with Crippen LogP contribution in [0.4, 0.5) is 0 Å². The molecule has 0 aliphatic carbocycles. The van der Waals surface area contributed by atoms with E-state index in [0.29, 0.717) is 6.04 Å². The molecule has 2 atom stereocenters. The summed E-state index contributed by atoms with van der Waals surface area (Å²) >= 11 is 0. The Bertz CT molecular complexity index is 385. The molecule has 1 fully saturated rings. The smallest absolute Gasteiger partial charge is 0.119 e. The highest BCUT2D eigenvalue weighted by atomic mass is 16.5. The van der Waals surface area contributed by atoms with Crippen LogP contribution in [-0.4, -0.2) is 18.7 Å². The summed E-state index contributed by atoms with van der Waals surface area (Å²) in [5.41, 5.74) is 1.42. The number of ether oxygens (including phenoxy) is 1. The molecule has 1 aromatic carbocycles. The summed E-state index contributed by atoms with van der Waals surface area (Å²) in [6.45, 7) is 7.64. The Hall–Kier alpha value is -1.02. The first-order chi connectivity index (χ1) is 9.67. The van der Waals surface area contributed by atoms with Gasteiger partial charge in [0.2, 0.25) is 0 Å². The lowest BCUT2D eigenvalue weighted by molar-refractivity contribution is 0.242. The van der Waals surface area contributed by atoms with Crippen LogP contribution in [0.5, 0.6) is 5.75 Å². The number of benzene rings is 1. The van der Waals surface area contributed by atoms with Gasteiger partial charge in [-0.2, -0.15) is 0 Å². The number of rotatable bonds is 6. The average molecular weight is 275 g/mol. The fraction of sp³-hybridized carbons (Fsp3) is 0.667. The van der Waals surface area contributed by atoms with E-state index in [-0.39, 0.29) is 6.10 Å². The lowest BCUT2D eigenvalue weighted by Crippen LogP contribution is -2.38. The van der Waals surface area contributed by atoms with Crippen molar-refractivity contribution in [3.05, 3.63) is 29.8 Å². The second-order valence-electron chi connectivity index (χ2n) is 6.30. The summed E-state index contributed by atoms with van der Waals surface area (Å²) in [7, 11) is 0. The lowest BCUT2D eigenvalue weighted by Gasteiger charge is -2.29. The predicted molar refractivity (Wildman–Crippen MR) is 85.3 cm³/mol. The van der Waals surface area contributed by atoms with Crippen LogP contribution >= 0.6 is 0 Å². The maximum atomic E-state index is 5.68. The molecule has 2 heteroatoms. The van der Waals surface area contributed by atoms with E-state index in [1.807, 2.05) is 0 Å². The maximum Gasteiger partial charge on any atom is 0.119 e. The van der Waals surface area contributed by atoms with Crippen LogP contribution in [-0.2, 0) is 6.42 Å². The fourth-order valence-corrected chi connectivity index (χ4v) is 3.03. The van der Waals surface area contributed by atoms with Crippen molar-refractivity contribution in [3.63, 3.8) is 0 Å². The highest BCUT2D eigenvalue weighted by Crippen LogP contribution is 2.22. The quantitative estimate of drug-likeness (QED) is 0.840. The minimum Gasteiger partial charge on any atom is -0.491 e. The molecule has 2 nitrogen and oxygen atoms in total. The maximum absolute atomic E-state index is 5.68. The zero-order valence-electron chi connectivity index (χ0n) is 13.2. The van der Waals surface area contributed by atoms with Gasteiger partial charge in [0.15, 0.2) is 0 Å². The summed E-state index contributed by atoms with van der Waals surface area (Å²) in [5, 5.41) is 3.67. The zero-order chi connectivity index (χ0) is 14.4.